The van der Waals surface area contributed by atoms with E-state index in [1.165, 1.54) is 11.1 Å². The summed E-state index contributed by atoms with van der Waals surface area (Å²) >= 11 is 0. The third kappa shape index (κ3) is 2.21. The molecule has 0 spiro atoms. The number of hydrogen-bond acceptors (Lipinski definition) is 2. The van der Waals surface area contributed by atoms with Crippen LogP contribution >= 0.6 is 0 Å². The third-order valence-electron chi connectivity index (χ3n) is 2.76. The highest BCUT2D eigenvalue weighted by atomic mass is 16.5. The van der Waals surface area contributed by atoms with E-state index in [-0.39, 0.29) is 6.10 Å². The topological polar surface area (TPSA) is 18.5 Å². The molecule has 16 heavy (non-hydrogen) atoms. The Hall–Kier alpha value is -1.44. The molecule has 0 heterocycles. The lowest BCUT2D eigenvalue weighted by Gasteiger charge is -2.26. The van der Waals surface area contributed by atoms with E-state index in [9.17, 15) is 0 Å². The van der Waals surface area contributed by atoms with E-state index in [4.69, 9.17) is 9.47 Å². The summed E-state index contributed by atoms with van der Waals surface area (Å²) in [5.41, 5.74) is 2.60. The molecule has 0 N–H and O–H groups in total. The Balaban J connectivity index is 2.17. The second-order valence-corrected chi connectivity index (χ2v) is 4.30. The molecule has 1 aromatic rings. The molecule has 0 atom stereocenters. The zero-order valence-corrected chi connectivity index (χ0v) is 10.1. The van der Waals surface area contributed by atoms with Crippen molar-refractivity contribution in [3.63, 3.8) is 0 Å². The zero-order valence-electron chi connectivity index (χ0n) is 10.1. The molecule has 2 rings (SSSR count). The third-order valence-corrected chi connectivity index (χ3v) is 2.76. The van der Waals surface area contributed by atoms with Gasteiger partial charge in [0.1, 0.15) is 11.5 Å². The van der Waals surface area contributed by atoms with Gasteiger partial charge in [0.15, 0.2) is 0 Å². The fraction of sp³-hybridized carbons (Fsp3) is 0.429. The quantitative estimate of drug-likeness (QED) is 0.768. The first kappa shape index (κ1) is 11.1. The van der Waals surface area contributed by atoms with E-state index >= 15 is 0 Å². The van der Waals surface area contributed by atoms with Gasteiger partial charge in [0.05, 0.1) is 13.2 Å². The van der Waals surface area contributed by atoms with Crippen molar-refractivity contribution in [2.75, 3.05) is 7.11 Å². The largest absolute Gasteiger partial charge is 0.497 e. The second kappa shape index (κ2) is 4.60. The monoisotopic (exact) mass is 218 g/mol. The van der Waals surface area contributed by atoms with Gasteiger partial charge < -0.3 is 9.47 Å². The lowest BCUT2D eigenvalue weighted by molar-refractivity contribution is 0.133. The van der Waals surface area contributed by atoms with Gasteiger partial charge in [-0.25, -0.2) is 0 Å². The van der Waals surface area contributed by atoms with E-state index in [1.807, 2.05) is 12.1 Å². The first-order valence-corrected chi connectivity index (χ1v) is 5.74. The van der Waals surface area contributed by atoms with Crippen LogP contribution in [0.2, 0.25) is 0 Å². The number of methoxy groups -OCH3 is 1. The Labute approximate surface area is 96.9 Å². The van der Waals surface area contributed by atoms with Crippen LogP contribution in [0.15, 0.2) is 30.0 Å². The summed E-state index contributed by atoms with van der Waals surface area (Å²) in [6, 6.07) is 8.18. The molecule has 2 heteroatoms. The van der Waals surface area contributed by atoms with Crippen LogP contribution in [0.1, 0.15) is 32.3 Å². The summed E-state index contributed by atoms with van der Waals surface area (Å²) in [6.45, 7) is 4.13. The number of benzene rings is 1. The van der Waals surface area contributed by atoms with Crippen LogP contribution in [0.5, 0.6) is 5.75 Å². The number of ether oxygens (including phenoxy) is 2. The van der Waals surface area contributed by atoms with Gasteiger partial charge >= 0.3 is 0 Å². The average Bonchev–Trinajstić information content (AvgIpc) is 2.25. The molecule has 2 nitrogen and oxygen atoms in total. The van der Waals surface area contributed by atoms with E-state index in [2.05, 4.69) is 26.0 Å². The Bertz CT molecular complexity index is 388. The molecule has 0 unspecified atom stereocenters. The molecule has 86 valence electrons. The minimum atomic E-state index is 0.267. The molecule has 0 saturated heterocycles. The van der Waals surface area contributed by atoms with Gasteiger partial charge in [-0.3, -0.25) is 0 Å². The average molecular weight is 218 g/mol. The van der Waals surface area contributed by atoms with Crippen molar-refractivity contribution in [1.82, 2.24) is 0 Å². The standard InChI is InChI=1S/C14H18O2/c1-10(2)16-14-9-8-13(14)11-4-6-12(15-3)7-5-11/h4-7,10H,8-9H2,1-3H3. The molecule has 0 aliphatic heterocycles. The maximum absolute atomic E-state index is 5.76. The summed E-state index contributed by atoms with van der Waals surface area (Å²) in [5, 5.41) is 0. The summed E-state index contributed by atoms with van der Waals surface area (Å²) < 4.78 is 10.9. The van der Waals surface area contributed by atoms with Gasteiger partial charge in [0.25, 0.3) is 0 Å². The molecule has 0 amide bonds. The highest BCUT2D eigenvalue weighted by Gasteiger charge is 2.21. The van der Waals surface area contributed by atoms with Crippen molar-refractivity contribution >= 4 is 5.57 Å². The van der Waals surface area contributed by atoms with Gasteiger partial charge in [-0.2, -0.15) is 0 Å². The van der Waals surface area contributed by atoms with E-state index in [0.717, 1.165) is 24.4 Å². The molecule has 0 saturated carbocycles. The highest BCUT2D eigenvalue weighted by Crippen LogP contribution is 2.37. The molecule has 0 aromatic heterocycles. The molecule has 0 fully saturated rings. The van der Waals surface area contributed by atoms with E-state index in [1.54, 1.807) is 7.11 Å². The Morgan fingerprint density at radius 1 is 1.06 bits per heavy atom. The van der Waals surface area contributed by atoms with Gasteiger partial charge in [0.2, 0.25) is 0 Å². The minimum Gasteiger partial charge on any atom is -0.497 e. The fourth-order valence-electron chi connectivity index (χ4n) is 1.86. The molecule has 1 aromatic carbocycles. The normalized spacial score (nSPS) is 15.0. The van der Waals surface area contributed by atoms with Crippen LogP contribution in [0, 0.1) is 0 Å². The second-order valence-electron chi connectivity index (χ2n) is 4.30. The SMILES string of the molecule is COc1ccc(C2=C(OC(C)C)CC2)cc1. The summed E-state index contributed by atoms with van der Waals surface area (Å²) in [7, 11) is 1.69. The number of rotatable bonds is 4. The minimum absolute atomic E-state index is 0.267. The Kier molecular flexibility index (Phi) is 3.18. The van der Waals surface area contributed by atoms with Gasteiger partial charge in [-0.1, -0.05) is 12.1 Å². The van der Waals surface area contributed by atoms with Crippen molar-refractivity contribution in [2.45, 2.75) is 32.8 Å². The van der Waals surface area contributed by atoms with Crippen molar-refractivity contribution in [1.29, 1.82) is 0 Å². The smallest absolute Gasteiger partial charge is 0.118 e. The van der Waals surface area contributed by atoms with Crippen LogP contribution in [0.4, 0.5) is 0 Å². The van der Waals surface area contributed by atoms with Gasteiger partial charge in [-0.15, -0.1) is 0 Å². The van der Waals surface area contributed by atoms with E-state index < -0.39 is 0 Å². The molecule has 0 radical (unpaired) electrons. The first-order chi connectivity index (χ1) is 7.70. The first-order valence-electron chi connectivity index (χ1n) is 5.74. The maximum Gasteiger partial charge on any atom is 0.118 e. The predicted molar refractivity (Wildman–Crippen MR) is 65.4 cm³/mol. The maximum atomic E-state index is 5.76. The lowest BCUT2D eigenvalue weighted by Crippen LogP contribution is -2.11. The fourth-order valence-corrected chi connectivity index (χ4v) is 1.86. The van der Waals surface area contributed by atoms with Crippen molar-refractivity contribution in [2.24, 2.45) is 0 Å². The van der Waals surface area contributed by atoms with E-state index in [0.29, 0.717) is 0 Å². The lowest BCUT2D eigenvalue weighted by atomic mass is 9.89. The van der Waals surface area contributed by atoms with Gasteiger partial charge in [-0.05, 0) is 43.5 Å². The summed E-state index contributed by atoms with van der Waals surface area (Å²) in [4.78, 5) is 0. The van der Waals surface area contributed by atoms with Crippen molar-refractivity contribution < 1.29 is 9.47 Å². The molecule has 0 bridgehead atoms. The van der Waals surface area contributed by atoms with Crippen LogP contribution in [-0.2, 0) is 4.74 Å². The van der Waals surface area contributed by atoms with Gasteiger partial charge in [0, 0.05) is 6.42 Å². The Morgan fingerprint density at radius 2 is 1.75 bits per heavy atom. The number of allylic oxidation sites excluding steroid dienone is 2. The molecular formula is C14H18O2. The van der Waals surface area contributed by atoms with Crippen LogP contribution in [0.3, 0.4) is 0 Å². The Morgan fingerprint density at radius 3 is 2.19 bits per heavy atom. The van der Waals surface area contributed by atoms with Crippen LogP contribution in [0.25, 0.3) is 5.57 Å². The highest BCUT2D eigenvalue weighted by molar-refractivity contribution is 5.72. The summed E-state index contributed by atoms with van der Waals surface area (Å²) in [6.07, 6.45) is 2.46. The summed E-state index contributed by atoms with van der Waals surface area (Å²) in [5.74, 6) is 2.05. The van der Waals surface area contributed by atoms with Crippen LogP contribution < -0.4 is 4.74 Å². The van der Waals surface area contributed by atoms with Crippen LogP contribution in [-0.4, -0.2) is 13.2 Å². The number of hydrogen-bond donors (Lipinski definition) is 0. The molecule has 1 aliphatic carbocycles. The van der Waals surface area contributed by atoms with Crippen molar-refractivity contribution in [3.8, 4) is 5.75 Å². The zero-order chi connectivity index (χ0) is 11.5. The van der Waals surface area contributed by atoms with Crippen molar-refractivity contribution in [3.05, 3.63) is 35.6 Å². The molecule has 1 aliphatic rings. The molecular weight excluding hydrogens is 200 g/mol. The predicted octanol–water partition coefficient (Wildman–Crippen LogP) is 3.63.